The Hall–Kier alpha value is -1.91. The molecule has 0 aliphatic heterocycles. The Labute approximate surface area is 86.7 Å². The molecule has 0 saturated heterocycles. The number of ether oxygens (including phenoxy) is 1. The molecule has 1 aromatic heterocycles. The van der Waals surface area contributed by atoms with Gasteiger partial charge in [0.1, 0.15) is 0 Å². The number of esters is 1. The van der Waals surface area contributed by atoms with Gasteiger partial charge in [-0.3, -0.25) is 9.78 Å². The summed E-state index contributed by atoms with van der Waals surface area (Å²) in [6.45, 7) is 0.119. The molecule has 0 aliphatic carbocycles. The normalized spacial score (nSPS) is 9.60. The van der Waals surface area contributed by atoms with E-state index in [4.69, 9.17) is 9.84 Å². The molecule has 0 aromatic carbocycles. The highest BCUT2D eigenvalue weighted by Gasteiger charge is 2.06. The van der Waals surface area contributed by atoms with E-state index < -0.39 is 11.9 Å². The Bertz CT molecular complexity index is 337. The first-order valence-corrected chi connectivity index (χ1v) is 4.49. The van der Waals surface area contributed by atoms with Crippen LogP contribution in [0.15, 0.2) is 24.5 Å². The summed E-state index contributed by atoms with van der Waals surface area (Å²) in [6.07, 6.45) is 3.32. The van der Waals surface area contributed by atoms with Gasteiger partial charge in [-0.2, -0.15) is 0 Å². The van der Waals surface area contributed by atoms with Crippen LogP contribution in [0.5, 0.6) is 0 Å². The van der Waals surface area contributed by atoms with Crippen LogP contribution in [-0.4, -0.2) is 28.6 Å². The van der Waals surface area contributed by atoms with Crippen molar-refractivity contribution in [2.75, 3.05) is 6.61 Å². The highest BCUT2D eigenvalue weighted by molar-refractivity contribution is 5.89. The average Bonchev–Trinajstić information content (AvgIpc) is 2.25. The minimum absolute atomic E-state index is 0.00360. The molecule has 0 aliphatic rings. The smallest absolute Gasteiger partial charge is 0.338 e. The molecule has 1 N–H and O–H groups in total. The van der Waals surface area contributed by atoms with Crippen molar-refractivity contribution in [3.63, 3.8) is 0 Å². The lowest BCUT2D eigenvalue weighted by atomic mass is 10.3. The largest absolute Gasteiger partial charge is 0.481 e. The number of hydrogen-bond donors (Lipinski definition) is 1. The molecule has 0 bridgehead atoms. The van der Waals surface area contributed by atoms with E-state index in [1.54, 1.807) is 12.1 Å². The molecule has 0 unspecified atom stereocenters. The zero-order valence-corrected chi connectivity index (χ0v) is 8.05. The Kier molecular flexibility index (Phi) is 4.28. The first kappa shape index (κ1) is 11.2. The Morgan fingerprint density at radius 3 is 2.60 bits per heavy atom. The summed E-state index contributed by atoms with van der Waals surface area (Å²) in [5.74, 6) is -1.35. The molecular formula is C10H11NO4. The number of carbonyl (C=O) groups is 2. The molecule has 1 heterocycles. The number of aromatic nitrogens is 1. The van der Waals surface area contributed by atoms with Gasteiger partial charge in [0.25, 0.3) is 0 Å². The summed E-state index contributed by atoms with van der Waals surface area (Å²) in [5.41, 5.74) is 0.417. The van der Waals surface area contributed by atoms with Crippen molar-refractivity contribution < 1.29 is 19.4 Å². The molecule has 0 fully saturated rings. The maximum absolute atomic E-state index is 11.3. The van der Waals surface area contributed by atoms with Gasteiger partial charge in [0.05, 0.1) is 12.2 Å². The maximum atomic E-state index is 11.3. The third-order valence-corrected chi connectivity index (χ3v) is 1.68. The van der Waals surface area contributed by atoms with Crippen LogP contribution < -0.4 is 0 Å². The Balaban J connectivity index is 2.28. The number of nitrogens with zero attached hydrogens (tertiary/aromatic N) is 1. The van der Waals surface area contributed by atoms with Crippen molar-refractivity contribution in [1.82, 2.24) is 4.98 Å². The third-order valence-electron chi connectivity index (χ3n) is 1.68. The average molecular weight is 209 g/mol. The van der Waals surface area contributed by atoms with Crippen LogP contribution in [0.4, 0.5) is 0 Å². The monoisotopic (exact) mass is 209 g/mol. The quantitative estimate of drug-likeness (QED) is 0.580. The molecule has 5 heteroatoms. The summed E-state index contributed by atoms with van der Waals surface area (Å²) < 4.78 is 4.85. The topological polar surface area (TPSA) is 76.5 Å². The van der Waals surface area contributed by atoms with Crippen LogP contribution in [0.3, 0.4) is 0 Å². The SMILES string of the molecule is O=C(O)CCCOC(=O)c1ccncc1. The predicted octanol–water partition coefficient (Wildman–Crippen LogP) is 1.10. The van der Waals surface area contributed by atoms with E-state index in [9.17, 15) is 9.59 Å². The van der Waals surface area contributed by atoms with E-state index in [-0.39, 0.29) is 13.0 Å². The van der Waals surface area contributed by atoms with Crippen LogP contribution in [-0.2, 0) is 9.53 Å². The minimum atomic E-state index is -0.894. The molecule has 0 amide bonds. The molecule has 1 aromatic rings. The van der Waals surface area contributed by atoms with E-state index in [0.29, 0.717) is 12.0 Å². The van der Waals surface area contributed by atoms with Gasteiger partial charge in [-0.15, -0.1) is 0 Å². The molecule has 5 nitrogen and oxygen atoms in total. The van der Waals surface area contributed by atoms with Crippen LogP contribution in [0.2, 0.25) is 0 Å². The van der Waals surface area contributed by atoms with Crippen molar-refractivity contribution in [3.8, 4) is 0 Å². The summed E-state index contributed by atoms with van der Waals surface area (Å²) in [4.78, 5) is 25.2. The molecular weight excluding hydrogens is 198 g/mol. The first-order chi connectivity index (χ1) is 7.20. The Morgan fingerprint density at radius 1 is 1.33 bits per heavy atom. The highest BCUT2D eigenvalue weighted by Crippen LogP contribution is 2.00. The van der Waals surface area contributed by atoms with Crippen LogP contribution in [0.25, 0.3) is 0 Å². The number of rotatable bonds is 5. The summed E-state index contributed by atoms with van der Waals surface area (Å²) >= 11 is 0. The summed E-state index contributed by atoms with van der Waals surface area (Å²) in [6, 6.07) is 3.08. The standard InChI is InChI=1S/C10H11NO4/c12-9(13)2-1-7-15-10(14)8-3-5-11-6-4-8/h3-6H,1-2,7H2,(H,12,13). The first-order valence-electron chi connectivity index (χ1n) is 4.49. The number of pyridine rings is 1. The van der Waals surface area contributed by atoms with Gasteiger partial charge in [-0.1, -0.05) is 0 Å². The zero-order chi connectivity index (χ0) is 11.1. The lowest BCUT2D eigenvalue weighted by Crippen LogP contribution is -2.07. The Morgan fingerprint density at radius 2 is 2.00 bits per heavy atom. The predicted molar refractivity (Wildman–Crippen MR) is 51.4 cm³/mol. The van der Waals surface area contributed by atoms with E-state index in [0.717, 1.165) is 0 Å². The molecule has 15 heavy (non-hydrogen) atoms. The van der Waals surface area contributed by atoms with Gasteiger partial charge >= 0.3 is 11.9 Å². The zero-order valence-electron chi connectivity index (χ0n) is 8.05. The maximum Gasteiger partial charge on any atom is 0.338 e. The number of carboxylic acid groups (broad SMARTS) is 1. The van der Waals surface area contributed by atoms with Gasteiger partial charge in [-0.25, -0.2) is 4.79 Å². The van der Waals surface area contributed by atoms with Crippen molar-refractivity contribution in [2.24, 2.45) is 0 Å². The van der Waals surface area contributed by atoms with E-state index >= 15 is 0 Å². The fraction of sp³-hybridized carbons (Fsp3) is 0.300. The number of carbonyl (C=O) groups excluding carboxylic acids is 1. The van der Waals surface area contributed by atoms with Gasteiger partial charge in [0.2, 0.25) is 0 Å². The molecule has 0 atom stereocenters. The summed E-state index contributed by atoms with van der Waals surface area (Å²) in [5, 5.41) is 8.35. The lowest BCUT2D eigenvalue weighted by molar-refractivity contribution is -0.137. The number of hydrogen-bond acceptors (Lipinski definition) is 4. The molecule has 0 radical (unpaired) electrons. The second-order valence-electron chi connectivity index (χ2n) is 2.87. The van der Waals surface area contributed by atoms with Gasteiger partial charge in [-0.05, 0) is 18.6 Å². The number of aliphatic carboxylic acids is 1. The second kappa shape index (κ2) is 5.74. The molecule has 1 rings (SSSR count). The number of carboxylic acids is 1. The van der Waals surface area contributed by atoms with Crippen molar-refractivity contribution >= 4 is 11.9 Å². The van der Waals surface area contributed by atoms with Gasteiger partial charge in [0.15, 0.2) is 0 Å². The van der Waals surface area contributed by atoms with E-state index in [2.05, 4.69) is 4.98 Å². The summed E-state index contributed by atoms with van der Waals surface area (Å²) in [7, 11) is 0. The fourth-order valence-corrected chi connectivity index (χ4v) is 0.960. The van der Waals surface area contributed by atoms with Crippen LogP contribution in [0, 0.1) is 0 Å². The van der Waals surface area contributed by atoms with E-state index in [1.807, 2.05) is 0 Å². The van der Waals surface area contributed by atoms with Gasteiger partial charge in [0, 0.05) is 18.8 Å². The highest BCUT2D eigenvalue weighted by atomic mass is 16.5. The van der Waals surface area contributed by atoms with Crippen LogP contribution in [0.1, 0.15) is 23.2 Å². The lowest BCUT2D eigenvalue weighted by Gasteiger charge is -2.02. The second-order valence-corrected chi connectivity index (χ2v) is 2.87. The minimum Gasteiger partial charge on any atom is -0.481 e. The van der Waals surface area contributed by atoms with Crippen molar-refractivity contribution in [2.45, 2.75) is 12.8 Å². The molecule has 0 saturated carbocycles. The molecule has 0 spiro atoms. The third kappa shape index (κ3) is 4.21. The van der Waals surface area contributed by atoms with Crippen LogP contribution >= 0.6 is 0 Å². The van der Waals surface area contributed by atoms with Crippen molar-refractivity contribution in [1.29, 1.82) is 0 Å². The van der Waals surface area contributed by atoms with E-state index in [1.165, 1.54) is 12.4 Å². The molecule has 80 valence electrons. The fourth-order valence-electron chi connectivity index (χ4n) is 0.960. The van der Waals surface area contributed by atoms with Crippen molar-refractivity contribution in [3.05, 3.63) is 30.1 Å². The van der Waals surface area contributed by atoms with Gasteiger partial charge < -0.3 is 9.84 Å².